The van der Waals surface area contributed by atoms with Crippen LogP contribution in [0.2, 0.25) is 0 Å². The Morgan fingerprint density at radius 3 is 2.41 bits per heavy atom. The van der Waals surface area contributed by atoms with Crippen molar-refractivity contribution < 1.29 is 0 Å². The van der Waals surface area contributed by atoms with Crippen LogP contribution in [0, 0.1) is 13.8 Å². The maximum atomic E-state index is 5.65. The highest BCUT2D eigenvalue weighted by Crippen LogP contribution is 2.29. The average Bonchev–Trinajstić information content (AvgIpc) is 2.34. The van der Waals surface area contributed by atoms with E-state index in [0.717, 1.165) is 0 Å². The Hall–Kier alpha value is -1.25. The van der Waals surface area contributed by atoms with Crippen LogP contribution < -0.4 is 5.73 Å². The van der Waals surface area contributed by atoms with E-state index in [1.165, 1.54) is 26.5 Å². The van der Waals surface area contributed by atoms with Crippen LogP contribution >= 0.6 is 11.8 Å². The number of benzene rings is 2. The number of rotatable bonds is 3. The molecule has 0 amide bonds. The second kappa shape index (κ2) is 5.39. The van der Waals surface area contributed by atoms with Gasteiger partial charge in [-0.05, 0) is 54.8 Å². The molecule has 0 atom stereocenters. The van der Waals surface area contributed by atoms with Crippen LogP contribution in [0.5, 0.6) is 0 Å². The smallest absolute Gasteiger partial charge is 0.0178 e. The molecule has 0 aliphatic carbocycles. The first kappa shape index (κ1) is 12.2. The molecule has 0 bridgehead atoms. The summed E-state index contributed by atoms with van der Waals surface area (Å²) in [6.45, 7) is 4.88. The summed E-state index contributed by atoms with van der Waals surface area (Å²) in [5, 5.41) is 0. The van der Waals surface area contributed by atoms with Crippen LogP contribution in [0.25, 0.3) is 0 Å². The van der Waals surface area contributed by atoms with Crippen molar-refractivity contribution in [2.24, 2.45) is 5.73 Å². The van der Waals surface area contributed by atoms with Crippen molar-refractivity contribution in [1.29, 1.82) is 0 Å². The maximum absolute atomic E-state index is 5.65. The normalized spacial score (nSPS) is 10.5. The van der Waals surface area contributed by atoms with Crippen molar-refractivity contribution >= 4 is 11.8 Å². The Balaban J connectivity index is 2.22. The molecule has 0 heterocycles. The predicted octanol–water partition coefficient (Wildman–Crippen LogP) is 3.91. The lowest BCUT2D eigenvalue weighted by molar-refractivity contribution is 1.06. The molecule has 0 fully saturated rings. The van der Waals surface area contributed by atoms with Gasteiger partial charge >= 0.3 is 0 Å². The van der Waals surface area contributed by atoms with E-state index < -0.39 is 0 Å². The Labute approximate surface area is 107 Å². The Morgan fingerprint density at radius 1 is 0.941 bits per heavy atom. The van der Waals surface area contributed by atoms with E-state index in [1.54, 1.807) is 11.8 Å². The van der Waals surface area contributed by atoms with E-state index in [2.05, 4.69) is 56.3 Å². The molecular formula is C15H17NS. The average molecular weight is 243 g/mol. The topological polar surface area (TPSA) is 26.0 Å². The molecule has 0 saturated heterocycles. The molecule has 88 valence electrons. The Kier molecular flexibility index (Phi) is 3.87. The fourth-order valence-corrected chi connectivity index (χ4v) is 2.65. The maximum Gasteiger partial charge on any atom is 0.0178 e. The van der Waals surface area contributed by atoms with E-state index in [0.29, 0.717) is 6.54 Å². The van der Waals surface area contributed by atoms with Gasteiger partial charge < -0.3 is 5.73 Å². The van der Waals surface area contributed by atoms with Gasteiger partial charge in [0.15, 0.2) is 0 Å². The summed E-state index contributed by atoms with van der Waals surface area (Å²) >= 11 is 1.78. The SMILES string of the molecule is Cc1ccc(Sc2cccc(CN)c2)cc1C. The summed E-state index contributed by atoms with van der Waals surface area (Å²) in [4.78, 5) is 2.53. The van der Waals surface area contributed by atoms with Gasteiger partial charge in [0.05, 0.1) is 0 Å². The van der Waals surface area contributed by atoms with Gasteiger partial charge in [-0.2, -0.15) is 0 Å². The molecular weight excluding hydrogens is 226 g/mol. The molecule has 1 nitrogen and oxygen atoms in total. The van der Waals surface area contributed by atoms with Gasteiger partial charge in [-0.1, -0.05) is 30.0 Å². The van der Waals surface area contributed by atoms with Gasteiger partial charge in [-0.25, -0.2) is 0 Å². The number of nitrogens with two attached hydrogens (primary N) is 1. The zero-order chi connectivity index (χ0) is 12.3. The minimum atomic E-state index is 0.599. The standard InChI is InChI=1S/C15H17NS/c1-11-6-7-15(8-12(11)2)17-14-5-3-4-13(9-14)10-16/h3-9H,10,16H2,1-2H3. The summed E-state index contributed by atoms with van der Waals surface area (Å²) in [6.07, 6.45) is 0. The molecule has 2 rings (SSSR count). The fraction of sp³-hybridized carbons (Fsp3) is 0.200. The van der Waals surface area contributed by atoms with Gasteiger partial charge in [-0.15, -0.1) is 0 Å². The Morgan fingerprint density at radius 2 is 1.71 bits per heavy atom. The van der Waals surface area contributed by atoms with Gasteiger partial charge in [0.25, 0.3) is 0 Å². The lowest BCUT2D eigenvalue weighted by Gasteiger charge is -2.06. The summed E-state index contributed by atoms with van der Waals surface area (Å²) < 4.78 is 0. The minimum absolute atomic E-state index is 0.599. The van der Waals surface area contributed by atoms with Crippen molar-refractivity contribution in [3.63, 3.8) is 0 Å². The first-order valence-corrected chi connectivity index (χ1v) is 6.55. The summed E-state index contributed by atoms with van der Waals surface area (Å²) in [6, 6.07) is 15.0. The van der Waals surface area contributed by atoms with E-state index in [9.17, 15) is 0 Å². The highest BCUT2D eigenvalue weighted by Gasteiger charge is 2.00. The van der Waals surface area contributed by atoms with Crippen LogP contribution in [0.4, 0.5) is 0 Å². The molecule has 0 unspecified atom stereocenters. The van der Waals surface area contributed by atoms with Crippen LogP contribution in [-0.2, 0) is 6.54 Å². The van der Waals surface area contributed by atoms with Crippen molar-refractivity contribution in [2.75, 3.05) is 0 Å². The summed E-state index contributed by atoms with van der Waals surface area (Å²) in [5.74, 6) is 0. The zero-order valence-corrected chi connectivity index (χ0v) is 11.1. The summed E-state index contributed by atoms with van der Waals surface area (Å²) in [7, 11) is 0. The molecule has 2 N–H and O–H groups in total. The fourth-order valence-electron chi connectivity index (χ4n) is 1.65. The molecule has 0 spiro atoms. The van der Waals surface area contributed by atoms with E-state index in [4.69, 9.17) is 5.73 Å². The predicted molar refractivity (Wildman–Crippen MR) is 74.4 cm³/mol. The third-order valence-electron chi connectivity index (χ3n) is 2.85. The molecule has 2 heteroatoms. The molecule has 0 aliphatic rings. The van der Waals surface area contributed by atoms with Gasteiger partial charge in [0.1, 0.15) is 0 Å². The molecule has 0 aromatic heterocycles. The molecule has 2 aromatic rings. The van der Waals surface area contributed by atoms with Gasteiger partial charge in [0, 0.05) is 16.3 Å². The van der Waals surface area contributed by atoms with Crippen molar-refractivity contribution in [3.8, 4) is 0 Å². The van der Waals surface area contributed by atoms with Crippen LogP contribution in [-0.4, -0.2) is 0 Å². The zero-order valence-electron chi connectivity index (χ0n) is 10.2. The first-order valence-electron chi connectivity index (χ1n) is 5.73. The Bertz CT molecular complexity index is 520. The lowest BCUT2D eigenvalue weighted by atomic mass is 10.1. The third kappa shape index (κ3) is 3.11. The molecule has 17 heavy (non-hydrogen) atoms. The molecule has 0 aliphatic heterocycles. The third-order valence-corrected chi connectivity index (χ3v) is 3.83. The van der Waals surface area contributed by atoms with E-state index in [-0.39, 0.29) is 0 Å². The molecule has 0 saturated carbocycles. The van der Waals surface area contributed by atoms with E-state index >= 15 is 0 Å². The first-order chi connectivity index (χ1) is 8.19. The van der Waals surface area contributed by atoms with E-state index in [1.807, 2.05) is 0 Å². The molecule has 2 aromatic carbocycles. The quantitative estimate of drug-likeness (QED) is 0.884. The second-order valence-corrected chi connectivity index (χ2v) is 5.35. The van der Waals surface area contributed by atoms with Crippen molar-refractivity contribution in [2.45, 2.75) is 30.2 Å². The highest BCUT2D eigenvalue weighted by molar-refractivity contribution is 7.99. The largest absolute Gasteiger partial charge is 0.326 e. The van der Waals surface area contributed by atoms with Crippen molar-refractivity contribution in [3.05, 3.63) is 59.2 Å². The number of aryl methyl sites for hydroxylation is 2. The van der Waals surface area contributed by atoms with Crippen LogP contribution in [0.15, 0.2) is 52.3 Å². The van der Waals surface area contributed by atoms with Gasteiger partial charge in [-0.3, -0.25) is 0 Å². The highest BCUT2D eigenvalue weighted by atomic mass is 32.2. The number of hydrogen-bond donors (Lipinski definition) is 1. The monoisotopic (exact) mass is 243 g/mol. The molecule has 0 radical (unpaired) electrons. The van der Waals surface area contributed by atoms with Crippen molar-refractivity contribution in [1.82, 2.24) is 0 Å². The number of hydrogen-bond acceptors (Lipinski definition) is 2. The second-order valence-electron chi connectivity index (χ2n) is 4.20. The summed E-state index contributed by atoms with van der Waals surface area (Å²) in [5.41, 5.74) is 9.50. The van der Waals surface area contributed by atoms with Crippen LogP contribution in [0.3, 0.4) is 0 Å². The van der Waals surface area contributed by atoms with Gasteiger partial charge in [0.2, 0.25) is 0 Å². The minimum Gasteiger partial charge on any atom is -0.326 e. The van der Waals surface area contributed by atoms with Crippen LogP contribution in [0.1, 0.15) is 16.7 Å². The lowest BCUT2D eigenvalue weighted by Crippen LogP contribution is -1.95.